The minimum atomic E-state index is -1.40. The van der Waals surface area contributed by atoms with Crippen LogP contribution in [0.3, 0.4) is 0 Å². The summed E-state index contributed by atoms with van der Waals surface area (Å²) in [6.07, 6.45) is 3.80. The number of nitrogens with zero attached hydrogens (tertiary/aromatic N) is 1. The van der Waals surface area contributed by atoms with E-state index in [9.17, 15) is 14.4 Å². The molecule has 4 aromatic carbocycles. The number of ketones is 2. The number of methoxy groups -OCH3 is 1. The molecule has 0 unspecified atom stereocenters. The first kappa shape index (κ1) is 25.3. The van der Waals surface area contributed by atoms with Crippen LogP contribution in [0.2, 0.25) is 5.02 Å². The van der Waals surface area contributed by atoms with Gasteiger partial charge in [0.05, 0.1) is 24.1 Å². The highest BCUT2D eigenvalue weighted by molar-refractivity contribution is 6.34. The summed E-state index contributed by atoms with van der Waals surface area (Å²) < 4.78 is 5.30. The molecular weight excluding hydrogens is 536 g/mol. The highest BCUT2D eigenvalue weighted by Crippen LogP contribution is 2.62. The Morgan fingerprint density at radius 3 is 2.37 bits per heavy atom. The normalized spacial score (nSPS) is 23.5. The van der Waals surface area contributed by atoms with E-state index in [2.05, 4.69) is 5.32 Å². The second kappa shape index (κ2) is 9.46. The average molecular weight is 561 g/mol. The highest BCUT2D eigenvalue weighted by Gasteiger charge is 2.70. The molecule has 0 aromatic heterocycles. The molecule has 1 fully saturated rings. The van der Waals surface area contributed by atoms with Crippen LogP contribution < -0.4 is 10.1 Å². The third-order valence-electron chi connectivity index (χ3n) is 8.64. The van der Waals surface area contributed by atoms with E-state index < -0.39 is 23.4 Å². The number of nitrogens with one attached hydrogen (secondary N) is 1. The lowest BCUT2D eigenvalue weighted by Crippen LogP contribution is -2.49. The fraction of sp³-hybridized carbons (Fsp3) is 0.147. The summed E-state index contributed by atoms with van der Waals surface area (Å²) >= 11 is 6.59. The van der Waals surface area contributed by atoms with Gasteiger partial charge in [0, 0.05) is 23.0 Å². The minimum Gasteiger partial charge on any atom is -0.497 e. The molecule has 4 aromatic rings. The van der Waals surface area contributed by atoms with Gasteiger partial charge in [0.15, 0.2) is 11.6 Å². The molecule has 7 rings (SSSR count). The third kappa shape index (κ3) is 3.54. The van der Waals surface area contributed by atoms with E-state index in [-0.39, 0.29) is 28.1 Å². The van der Waals surface area contributed by atoms with E-state index >= 15 is 0 Å². The molecule has 3 aliphatic heterocycles. The lowest BCUT2D eigenvalue weighted by atomic mass is 9.62. The number of rotatable bonds is 5. The number of carbonyl (C=O) groups is 3. The van der Waals surface area contributed by atoms with Crippen molar-refractivity contribution in [3.63, 3.8) is 0 Å². The van der Waals surface area contributed by atoms with Gasteiger partial charge in [-0.1, -0.05) is 66.2 Å². The van der Waals surface area contributed by atoms with E-state index in [0.29, 0.717) is 22.6 Å². The fourth-order valence-electron chi connectivity index (χ4n) is 6.92. The summed E-state index contributed by atoms with van der Waals surface area (Å²) in [5.41, 5.74) is 2.44. The van der Waals surface area contributed by atoms with Gasteiger partial charge in [-0.3, -0.25) is 14.4 Å². The standard InChI is InChI=1S/C34H25ClN2O4/c1-41-22-16-14-21(15-17-22)30(38)29-28(31(39)24-10-4-6-12-26(24)35)34(25-11-5-7-13-27(25)36-33(34)40)32-23-9-3-2-8-20(23)18-19-37(29)32/h2-19,28-29,32H,1H3,(H,36,40)/t28-,29-,32+,34+/m0/s1. The number of ether oxygens (including phenoxy) is 1. The number of amides is 1. The zero-order valence-electron chi connectivity index (χ0n) is 22.1. The second-order valence-corrected chi connectivity index (χ2v) is 10.9. The van der Waals surface area contributed by atoms with Crippen molar-refractivity contribution < 1.29 is 19.1 Å². The predicted molar refractivity (Wildman–Crippen MR) is 157 cm³/mol. The number of fused-ring (bicyclic) bond motifs is 6. The maximum absolute atomic E-state index is 14.8. The molecule has 0 radical (unpaired) electrons. The van der Waals surface area contributed by atoms with Crippen LogP contribution in [0.15, 0.2) is 103 Å². The molecule has 202 valence electrons. The Morgan fingerprint density at radius 1 is 0.878 bits per heavy atom. The SMILES string of the molecule is COc1ccc(C(=O)[C@@H]2[C@@H](C(=O)c3ccccc3Cl)[C@@]3(C(=O)Nc4ccccc43)[C@H]3c4ccccc4C=CN23)cc1. The molecule has 3 aliphatic rings. The van der Waals surface area contributed by atoms with Gasteiger partial charge in [0.25, 0.3) is 0 Å². The Hall–Kier alpha value is -4.68. The van der Waals surface area contributed by atoms with Crippen LogP contribution in [0, 0.1) is 5.92 Å². The molecule has 6 nitrogen and oxygen atoms in total. The molecule has 7 heteroatoms. The number of Topliss-reactive ketones (excluding diaryl/α,β-unsaturated/α-hetero) is 2. The smallest absolute Gasteiger partial charge is 0.238 e. The van der Waals surface area contributed by atoms with E-state index in [1.165, 1.54) is 0 Å². The average Bonchev–Trinajstić information content (AvgIpc) is 3.49. The Balaban J connectivity index is 1.53. The van der Waals surface area contributed by atoms with Crippen molar-refractivity contribution >= 4 is 40.8 Å². The van der Waals surface area contributed by atoms with Gasteiger partial charge in [-0.15, -0.1) is 0 Å². The van der Waals surface area contributed by atoms with Crippen molar-refractivity contribution in [2.45, 2.75) is 17.5 Å². The van der Waals surface area contributed by atoms with Crippen LogP contribution in [0.5, 0.6) is 5.75 Å². The highest BCUT2D eigenvalue weighted by atomic mass is 35.5. The largest absolute Gasteiger partial charge is 0.497 e. The number of halogens is 1. The predicted octanol–water partition coefficient (Wildman–Crippen LogP) is 6.33. The molecule has 0 saturated carbocycles. The maximum atomic E-state index is 14.8. The number of benzene rings is 4. The Kier molecular flexibility index (Phi) is 5.84. The van der Waals surface area contributed by atoms with Gasteiger partial charge in [-0.25, -0.2) is 0 Å². The maximum Gasteiger partial charge on any atom is 0.238 e. The van der Waals surface area contributed by atoms with Crippen LogP contribution in [0.4, 0.5) is 5.69 Å². The molecule has 0 aliphatic carbocycles. The summed E-state index contributed by atoms with van der Waals surface area (Å²) in [5.74, 6) is -1.40. The quantitative estimate of drug-likeness (QED) is 0.289. The third-order valence-corrected chi connectivity index (χ3v) is 8.96. The second-order valence-electron chi connectivity index (χ2n) is 10.5. The monoisotopic (exact) mass is 560 g/mol. The topological polar surface area (TPSA) is 75.7 Å². The lowest BCUT2D eigenvalue weighted by molar-refractivity contribution is -0.122. The molecule has 1 saturated heterocycles. The van der Waals surface area contributed by atoms with Crippen LogP contribution in [0.1, 0.15) is 43.4 Å². The van der Waals surface area contributed by atoms with Crippen molar-refractivity contribution in [1.29, 1.82) is 0 Å². The molecule has 0 bridgehead atoms. The van der Waals surface area contributed by atoms with Crippen molar-refractivity contribution in [3.05, 3.63) is 136 Å². The molecule has 4 atom stereocenters. The van der Waals surface area contributed by atoms with Crippen LogP contribution in [0.25, 0.3) is 6.08 Å². The molecule has 1 spiro atoms. The zero-order valence-corrected chi connectivity index (χ0v) is 22.8. The minimum absolute atomic E-state index is 0.263. The van der Waals surface area contributed by atoms with Gasteiger partial charge < -0.3 is 15.0 Å². The van der Waals surface area contributed by atoms with Crippen molar-refractivity contribution in [2.75, 3.05) is 12.4 Å². The summed E-state index contributed by atoms with van der Waals surface area (Å²) in [7, 11) is 1.56. The van der Waals surface area contributed by atoms with Crippen molar-refractivity contribution in [2.24, 2.45) is 5.92 Å². The molecular formula is C34H25ClN2O4. The van der Waals surface area contributed by atoms with Gasteiger partial charge in [0.2, 0.25) is 5.91 Å². The molecule has 3 heterocycles. The van der Waals surface area contributed by atoms with Gasteiger partial charge in [0.1, 0.15) is 17.2 Å². The first-order chi connectivity index (χ1) is 20.0. The summed E-state index contributed by atoms with van der Waals surface area (Å²) in [5, 5.41) is 3.33. The van der Waals surface area contributed by atoms with Gasteiger partial charge in [-0.05, 0) is 65.2 Å². The Bertz CT molecular complexity index is 1760. The summed E-state index contributed by atoms with van der Waals surface area (Å²) in [6, 6.07) is 27.3. The van der Waals surface area contributed by atoms with Crippen LogP contribution in [-0.4, -0.2) is 35.5 Å². The van der Waals surface area contributed by atoms with E-state index in [1.54, 1.807) is 55.6 Å². The van der Waals surface area contributed by atoms with Gasteiger partial charge >= 0.3 is 0 Å². The zero-order chi connectivity index (χ0) is 28.3. The molecule has 1 amide bonds. The van der Waals surface area contributed by atoms with E-state index in [1.807, 2.05) is 65.7 Å². The fourth-order valence-corrected chi connectivity index (χ4v) is 7.15. The lowest BCUT2D eigenvalue weighted by Gasteiger charge is -2.38. The number of para-hydroxylation sites is 1. The van der Waals surface area contributed by atoms with E-state index in [0.717, 1.165) is 11.1 Å². The summed E-state index contributed by atoms with van der Waals surface area (Å²) in [4.78, 5) is 45.7. The van der Waals surface area contributed by atoms with Crippen LogP contribution >= 0.6 is 11.6 Å². The number of hydrogen-bond donors (Lipinski definition) is 1. The van der Waals surface area contributed by atoms with Crippen molar-refractivity contribution in [3.8, 4) is 5.75 Å². The summed E-state index contributed by atoms with van der Waals surface area (Å²) in [6.45, 7) is 0. The number of anilines is 1. The number of hydrogen-bond acceptors (Lipinski definition) is 5. The van der Waals surface area contributed by atoms with Crippen LogP contribution in [-0.2, 0) is 10.2 Å². The molecule has 41 heavy (non-hydrogen) atoms. The van der Waals surface area contributed by atoms with Gasteiger partial charge in [-0.2, -0.15) is 0 Å². The van der Waals surface area contributed by atoms with Crippen molar-refractivity contribution in [1.82, 2.24) is 4.90 Å². The first-order valence-corrected chi connectivity index (χ1v) is 13.8. The van der Waals surface area contributed by atoms with E-state index in [4.69, 9.17) is 16.3 Å². The Morgan fingerprint density at radius 2 is 1.59 bits per heavy atom. The Labute approximate surface area is 242 Å². The number of carbonyl (C=O) groups excluding carboxylic acids is 3. The molecule has 1 N–H and O–H groups in total. The first-order valence-electron chi connectivity index (χ1n) is 13.4.